The summed E-state index contributed by atoms with van der Waals surface area (Å²) in [5.74, 6) is 2.50. The summed E-state index contributed by atoms with van der Waals surface area (Å²) in [7, 11) is 0.977. The lowest BCUT2D eigenvalue weighted by atomic mass is 10.2. The molecule has 0 amide bonds. The second kappa shape index (κ2) is 10.2. The van der Waals surface area contributed by atoms with Gasteiger partial charge in [-0.3, -0.25) is 4.21 Å². The maximum Gasteiger partial charge on any atom is 0.134 e. The first-order chi connectivity index (χ1) is 9.61. The Morgan fingerprint density at radius 1 is 1.35 bits per heavy atom. The van der Waals surface area contributed by atoms with Gasteiger partial charge in [0.25, 0.3) is 0 Å². The number of thioether (sulfide) groups is 1. The van der Waals surface area contributed by atoms with Crippen molar-refractivity contribution in [1.82, 2.24) is 5.32 Å². The highest BCUT2D eigenvalue weighted by Gasteiger charge is 2.00. The van der Waals surface area contributed by atoms with E-state index >= 15 is 0 Å². The second-order valence-electron chi connectivity index (χ2n) is 4.34. The Labute approximate surface area is 133 Å². The summed E-state index contributed by atoms with van der Waals surface area (Å²) in [6.45, 7) is 0.853. The van der Waals surface area contributed by atoms with Gasteiger partial charge in [-0.1, -0.05) is 36.1 Å². The molecular weight excluding hydrogens is 310 g/mol. The van der Waals surface area contributed by atoms with E-state index in [9.17, 15) is 4.21 Å². The fourth-order valence-corrected chi connectivity index (χ4v) is 3.13. The Kier molecular flexibility index (Phi) is 8.89. The molecule has 6 heteroatoms. The van der Waals surface area contributed by atoms with Crippen molar-refractivity contribution >= 4 is 39.1 Å². The zero-order valence-electron chi connectivity index (χ0n) is 11.9. The van der Waals surface area contributed by atoms with E-state index in [0.717, 1.165) is 41.0 Å². The molecule has 0 heterocycles. The van der Waals surface area contributed by atoms with Crippen molar-refractivity contribution in [1.29, 1.82) is 0 Å². The van der Waals surface area contributed by atoms with E-state index in [4.69, 9.17) is 17.0 Å². The number of hydrogen-bond donors (Lipinski definition) is 1. The Bertz CT molecular complexity index is 435. The molecular formula is C14H21NO2S3. The van der Waals surface area contributed by atoms with E-state index in [-0.39, 0.29) is 0 Å². The van der Waals surface area contributed by atoms with Crippen LogP contribution in [0.1, 0.15) is 18.4 Å². The average molecular weight is 332 g/mol. The largest absolute Gasteiger partial charge is 0.497 e. The monoisotopic (exact) mass is 331 g/mol. The number of hydrogen-bond acceptors (Lipinski definition) is 4. The summed E-state index contributed by atoms with van der Waals surface area (Å²) in [4.78, 5) is 0. The molecule has 112 valence electrons. The summed E-state index contributed by atoms with van der Waals surface area (Å²) in [6.07, 6.45) is 3.72. The number of rotatable bonds is 8. The van der Waals surface area contributed by atoms with E-state index in [1.54, 1.807) is 25.1 Å². The number of methoxy groups -OCH3 is 1. The highest BCUT2D eigenvalue weighted by molar-refractivity contribution is 8.22. The van der Waals surface area contributed by atoms with Crippen molar-refractivity contribution in [3.8, 4) is 5.75 Å². The van der Waals surface area contributed by atoms with Crippen LogP contribution in [-0.4, -0.2) is 34.2 Å². The van der Waals surface area contributed by atoms with Gasteiger partial charge in [-0.05, 0) is 30.5 Å². The minimum atomic E-state index is -0.687. The molecule has 0 aromatic heterocycles. The third-order valence-electron chi connectivity index (χ3n) is 2.66. The van der Waals surface area contributed by atoms with Crippen molar-refractivity contribution in [2.24, 2.45) is 0 Å². The summed E-state index contributed by atoms with van der Waals surface area (Å²) < 4.78 is 16.8. The quantitative estimate of drug-likeness (QED) is 0.586. The molecule has 0 aliphatic carbocycles. The number of ether oxygens (including phenoxy) is 1. The molecule has 0 fully saturated rings. The van der Waals surface area contributed by atoms with Gasteiger partial charge < -0.3 is 10.1 Å². The number of unbranched alkanes of at least 4 members (excludes halogenated alkanes) is 1. The molecule has 1 atom stereocenters. The van der Waals surface area contributed by atoms with Gasteiger partial charge in [-0.15, -0.1) is 0 Å². The Balaban J connectivity index is 2.14. The van der Waals surface area contributed by atoms with E-state index in [2.05, 4.69) is 5.32 Å². The molecule has 0 aliphatic heterocycles. The van der Waals surface area contributed by atoms with Crippen LogP contribution in [-0.2, 0) is 16.6 Å². The molecule has 0 radical (unpaired) electrons. The second-order valence-corrected chi connectivity index (χ2v) is 7.54. The molecule has 0 bridgehead atoms. The molecule has 0 spiro atoms. The van der Waals surface area contributed by atoms with Crippen LogP contribution in [0.15, 0.2) is 24.3 Å². The van der Waals surface area contributed by atoms with Crippen molar-refractivity contribution in [3.05, 3.63) is 29.8 Å². The molecule has 3 nitrogen and oxygen atoms in total. The summed E-state index contributed by atoms with van der Waals surface area (Å²) >= 11 is 6.90. The Morgan fingerprint density at radius 3 is 2.65 bits per heavy atom. The number of nitrogens with one attached hydrogen (secondary N) is 1. The van der Waals surface area contributed by atoms with Crippen molar-refractivity contribution < 1.29 is 8.95 Å². The molecule has 1 aromatic carbocycles. The molecule has 1 N–H and O–H groups in total. The van der Waals surface area contributed by atoms with Crippen LogP contribution in [0, 0.1) is 0 Å². The number of thiocarbonyl (C=S) groups is 1. The average Bonchev–Trinajstić information content (AvgIpc) is 2.45. The van der Waals surface area contributed by atoms with Gasteiger partial charge in [0.2, 0.25) is 0 Å². The lowest BCUT2D eigenvalue weighted by molar-refractivity contribution is 0.414. The minimum Gasteiger partial charge on any atom is -0.497 e. The smallest absolute Gasteiger partial charge is 0.134 e. The minimum absolute atomic E-state index is 0.687. The zero-order chi connectivity index (χ0) is 14.8. The fourth-order valence-electron chi connectivity index (χ4n) is 1.54. The molecule has 0 saturated heterocycles. The topological polar surface area (TPSA) is 38.3 Å². The first-order valence-electron chi connectivity index (χ1n) is 6.45. The lowest BCUT2D eigenvalue weighted by Gasteiger charge is -2.07. The van der Waals surface area contributed by atoms with Crippen LogP contribution in [0.4, 0.5) is 0 Å². The molecule has 20 heavy (non-hydrogen) atoms. The zero-order valence-corrected chi connectivity index (χ0v) is 14.3. The van der Waals surface area contributed by atoms with Crippen molar-refractivity contribution in [2.75, 3.05) is 25.7 Å². The van der Waals surface area contributed by atoms with Gasteiger partial charge in [0.05, 0.1) is 7.11 Å². The van der Waals surface area contributed by atoms with Crippen LogP contribution in [0.5, 0.6) is 5.75 Å². The molecule has 1 aromatic rings. The third kappa shape index (κ3) is 7.87. The van der Waals surface area contributed by atoms with E-state index in [1.807, 2.05) is 24.3 Å². The fraction of sp³-hybridized carbons (Fsp3) is 0.500. The van der Waals surface area contributed by atoms with Gasteiger partial charge in [0.1, 0.15) is 10.1 Å². The van der Waals surface area contributed by atoms with Crippen molar-refractivity contribution in [2.45, 2.75) is 18.6 Å². The highest BCUT2D eigenvalue weighted by Crippen LogP contribution is 2.17. The predicted octanol–water partition coefficient (Wildman–Crippen LogP) is 2.96. The maximum absolute atomic E-state index is 10.9. The predicted molar refractivity (Wildman–Crippen MR) is 93.1 cm³/mol. The Hall–Kier alpha value is -0.590. The first kappa shape index (κ1) is 17.5. The summed E-state index contributed by atoms with van der Waals surface area (Å²) in [5, 5.41) is 3.22. The van der Waals surface area contributed by atoms with Gasteiger partial charge in [0.15, 0.2) is 0 Å². The molecule has 0 saturated carbocycles. The summed E-state index contributed by atoms with van der Waals surface area (Å²) in [5.41, 5.74) is 1.22. The molecule has 1 rings (SSSR count). The van der Waals surface area contributed by atoms with Crippen LogP contribution in [0.2, 0.25) is 0 Å². The van der Waals surface area contributed by atoms with E-state index in [1.165, 1.54) is 5.56 Å². The first-order valence-corrected chi connectivity index (χ1v) is 9.57. The summed E-state index contributed by atoms with van der Waals surface area (Å²) in [6, 6.07) is 8.00. The normalized spacial score (nSPS) is 11.9. The SMILES string of the molecule is COc1ccc(CSC(=S)NCCCCS(C)=O)cc1. The van der Waals surface area contributed by atoms with E-state index < -0.39 is 10.8 Å². The number of benzene rings is 1. The van der Waals surface area contributed by atoms with Crippen LogP contribution in [0.3, 0.4) is 0 Å². The van der Waals surface area contributed by atoms with Gasteiger partial charge in [-0.2, -0.15) is 0 Å². The Morgan fingerprint density at radius 2 is 2.05 bits per heavy atom. The van der Waals surface area contributed by atoms with Gasteiger partial charge in [0, 0.05) is 35.1 Å². The van der Waals surface area contributed by atoms with Gasteiger partial charge in [-0.25, -0.2) is 0 Å². The highest BCUT2D eigenvalue weighted by atomic mass is 32.2. The maximum atomic E-state index is 10.9. The standard InChI is InChI=1S/C14H21NO2S3/c1-17-13-7-5-12(6-8-13)11-19-14(18)15-9-3-4-10-20(2)16/h5-8H,3-4,9-11H2,1-2H3,(H,15,18). The molecule has 1 unspecified atom stereocenters. The van der Waals surface area contributed by atoms with Gasteiger partial charge >= 0.3 is 0 Å². The lowest BCUT2D eigenvalue weighted by Crippen LogP contribution is -2.20. The van der Waals surface area contributed by atoms with Crippen molar-refractivity contribution in [3.63, 3.8) is 0 Å². The van der Waals surface area contributed by atoms with Crippen LogP contribution < -0.4 is 10.1 Å². The van der Waals surface area contributed by atoms with Crippen LogP contribution >= 0.6 is 24.0 Å². The van der Waals surface area contributed by atoms with E-state index in [0.29, 0.717) is 0 Å². The molecule has 0 aliphatic rings. The van der Waals surface area contributed by atoms with Crippen LogP contribution in [0.25, 0.3) is 0 Å². The third-order valence-corrected chi connectivity index (χ3v) is 4.90.